The molecule has 0 heterocycles. The fraction of sp³-hybridized carbons (Fsp3) is 0.0769. The van der Waals surface area contributed by atoms with Gasteiger partial charge in [-0.1, -0.05) is 45.7 Å². The van der Waals surface area contributed by atoms with E-state index in [1.165, 1.54) is 0 Å². The minimum absolute atomic E-state index is 0.108. The van der Waals surface area contributed by atoms with Crippen LogP contribution in [0.2, 0.25) is 5.02 Å². The molecule has 2 aromatic rings. The van der Waals surface area contributed by atoms with Gasteiger partial charge in [-0.05, 0) is 29.3 Å². The summed E-state index contributed by atoms with van der Waals surface area (Å²) in [5, 5.41) is 0.108. The molecule has 94 valence electrons. The van der Waals surface area contributed by atoms with Gasteiger partial charge >= 0.3 is 0 Å². The second kappa shape index (κ2) is 5.34. The zero-order valence-electron chi connectivity index (χ0n) is 9.13. The quantitative estimate of drug-likeness (QED) is 0.809. The van der Waals surface area contributed by atoms with E-state index in [0.717, 1.165) is 22.2 Å². The highest BCUT2D eigenvalue weighted by Gasteiger charge is 2.17. The second-order valence-corrected chi connectivity index (χ2v) is 5.05. The molecule has 0 spiro atoms. The number of nitrogens with two attached hydrogens (primary N) is 1. The van der Waals surface area contributed by atoms with Gasteiger partial charge in [0.1, 0.15) is 0 Å². The summed E-state index contributed by atoms with van der Waals surface area (Å²) in [6, 6.07) is 8.61. The van der Waals surface area contributed by atoms with Crippen LogP contribution >= 0.6 is 27.5 Å². The van der Waals surface area contributed by atoms with E-state index in [-0.39, 0.29) is 5.02 Å². The maximum Gasteiger partial charge on any atom is 0.160 e. The molecule has 5 heteroatoms. The van der Waals surface area contributed by atoms with Crippen molar-refractivity contribution in [2.75, 3.05) is 0 Å². The highest BCUT2D eigenvalue weighted by molar-refractivity contribution is 9.10. The summed E-state index contributed by atoms with van der Waals surface area (Å²) >= 11 is 9.26. The summed E-state index contributed by atoms with van der Waals surface area (Å²) < 4.78 is 27.0. The molecule has 0 aliphatic rings. The predicted molar refractivity (Wildman–Crippen MR) is 71.5 cm³/mol. The fourth-order valence-corrected chi connectivity index (χ4v) is 2.47. The molecule has 0 saturated carbocycles. The van der Waals surface area contributed by atoms with Crippen LogP contribution in [0, 0.1) is 11.6 Å². The van der Waals surface area contributed by atoms with Gasteiger partial charge in [0.25, 0.3) is 0 Å². The van der Waals surface area contributed by atoms with Crippen LogP contribution in [-0.4, -0.2) is 0 Å². The van der Waals surface area contributed by atoms with Gasteiger partial charge < -0.3 is 5.73 Å². The minimum atomic E-state index is -0.983. The van der Waals surface area contributed by atoms with Crippen molar-refractivity contribution < 1.29 is 8.78 Å². The number of benzene rings is 2. The van der Waals surface area contributed by atoms with Crippen LogP contribution in [0.4, 0.5) is 8.78 Å². The van der Waals surface area contributed by atoms with E-state index < -0.39 is 17.7 Å². The zero-order chi connectivity index (χ0) is 13.3. The van der Waals surface area contributed by atoms with E-state index in [4.69, 9.17) is 17.3 Å². The van der Waals surface area contributed by atoms with E-state index in [2.05, 4.69) is 15.9 Å². The first-order valence-corrected chi connectivity index (χ1v) is 6.32. The largest absolute Gasteiger partial charge is 0.320 e. The molecule has 2 N–H and O–H groups in total. The average Bonchev–Trinajstić information content (AvgIpc) is 2.33. The van der Waals surface area contributed by atoms with Crippen molar-refractivity contribution in [3.63, 3.8) is 0 Å². The highest BCUT2D eigenvalue weighted by Crippen LogP contribution is 2.31. The van der Waals surface area contributed by atoms with Crippen LogP contribution in [0.5, 0.6) is 0 Å². The van der Waals surface area contributed by atoms with Crippen LogP contribution in [0.3, 0.4) is 0 Å². The van der Waals surface area contributed by atoms with Gasteiger partial charge in [0.2, 0.25) is 0 Å². The zero-order valence-corrected chi connectivity index (χ0v) is 11.5. The molecule has 0 aliphatic carbocycles. The summed E-state index contributed by atoms with van der Waals surface area (Å²) in [6.07, 6.45) is 0. The lowest BCUT2D eigenvalue weighted by molar-refractivity contribution is 0.506. The monoisotopic (exact) mass is 331 g/mol. The predicted octanol–water partition coefficient (Wildman–Crippen LogP) is 4.43. The third-order valence-electron chi connectivity index (χ3n) is 2.61. The van der Waals surface area contributed by atoms with Gasteiger partial charge in [0.05, 0.1) is 6.04 Å². The third-order valence-corrected chi connectivity index (χ3v) is 3.66. The standard InChI is InChI=1S/C13H9BrClF2N/c14-9-4-2-1-3-7(9)13(18)8-5-11(16)12(17)6-10(8)15/h1-6,13H,18H2. The Morgan fingerprint density at radius 1 is 1.06 bits per heavy atom. The first-order valence-electron chi connectivity index (χ1n) is 5.15. The molecule has 0 saturated heterocycles. The number of rotatable bonds is 2. The van der Waals surface area contributed by atoms with E-state index in [9.17, 15) is 8.78 Å². The molecule has 0 aromatic heterocycles. The van der Waals surface area contributed by atoms with Gasteiger partial charge in [-0.25, -0.2) is 8.78 Å². The Kier molecular flexibility index (Phi) is 4.00. The summed E-state index contributed by atoms with van der Waals surface area (Å²) in [7, 11) is 0. The summed E-state index contributed by atoms with van der Waals surface area (Å²) in [4.78, 5) is 0. The lowest BCUT2D eigenvalue weighted by Gasteiger charge is -2.16. The SMILES string of the molecule is NC(c1cc(F)c(F)cc1Cl)c1ccccc1Br. The topological polar surface area (TPSA) is 26.0 Å². The molecular weight excluding hydrogens is 324 g/mol. The first-order chi connectivity index (χ1) is 8.50. The Bertz CT molecular complexity index is 589. The fourth-order valence-electron chi connectivity index (χ4n) is 1.67. The molecule has 0 aliphatic heterocycles. The van der Waals surface area contributed by atoms with Crippen LogP contribution < -0.4 is 5.73 Å². The molecule has 1 nitrogen and oxygen atoms in total. The van der Waals surface area contributed by atoms with Crippen molar-refractivity contribution >= 4 is 27.5 Å². The lowest BCUT2D eigenvalue weighted by Crippen LogP contribution is -2.13. The van der Waals surface area contributed by atoms with Gasteiger partial charge in [0, 0.05) is 9.50 Å². The maximum absolute atomic E-state index is 13.2. The molecule has 0 amide bonds. The van der Waals surface area contributed by atoms with Crippen molar-refractivity contribution in [3.05, 3.63) is 68.7 Å². The van der Waals surface area contributed by atoms with Gasteiger partial charge in [-0.15, -0.1) is 0 Å². The Labute approximate surface area is 117 Å². The van der Waals surface area contributed by atoms with Gasteiger partial charge in [-0.2, -0.15) is 0 Å². The van der Waals surface area contributed by atoms with Crippen molar-refractivity contribution in [2.24, 2.45) is 5.73 Å². The third kappa shape index (κ3) is 2.55. The Morgan fingerprint density at radius 3 is 2.33 bits per heavy atom. The van der Waals surface area contributed by atoms with Crippen molar-refractivity contribution in [2.45, 2.75) is 6.04 Å². The molecule has 2 rings (SSSR count). The molecule has 1 atom stereocenters. The van der Waals surface area contributed by atoms with Crippen LogP contribution in [0.15, 0.2) is 40.9 Å². The minimum Gasteiger partial charge on any atom is -0.320 e. The molecule has 1 unspecified atom stereocenters. The second-order valence-electron chi connectivity index (χ2n) is 3.79. The van der Waals surface area contributed by atoms with Crippen LogP contribution in [0.25, 0.3) is 0 Å². The van der Waals surface area contributed by atoms with Gasteiger partial charge in [-0.3, -0.25) is 0 Å². The molecule has 0 fully saturated rings. The van der Waals surface area contributed by atoms with Crippen LogP contribution in [-0.2, 0) is 0 Å². The number of halogens is 4. The van der Waals surface area contributed by atoms with E-state index in [1.807, 2.05) is 18.2 Å². The van der Waals surface area contributed by atoms with Gasteiger partial charge in [0.15, 0.2) is 11.6 Å². The van der Waals surface area contributed by atoms with Crippen LogP contribution in [0.1, 0.15) is 17.2 Å². The Hall–Kier alpha value is -0.970. The first kappa shape index (κ1) is 13.5. The normalized spacial score (nSPS) is 12.5. The molecule has 2 aromatic carbocycles. The van der Waals surface area contributed by atoms with E-state index in [1.54, 1.807) is 6.07 Å². The molecule has 0 radical (unpaired) electrons. The smallest absolute Gasteiger partial charge is 0.160 e. The Balaban J connectivity index is 2.50. The number of hydrogen-bond donors (Lipinski definition) is 1. The van der Waals surface area contributed by atoms with E-state index >= 15 is 0 Å². The summed E-state index contributed by atoms with van der Waals surface area (Å²) in [6.45, 7) is 0. The number of hydrogen-bond acceptors (Lipinski definition) is 1. The Morgan fingerprint density at radius 2 is 1.67 bits per heavy atom. The maximum atomic E-state index is 13.2. The van der Waals surface area contributed by atoms with Crippen molar-refractivity contribution in [1.29, 1.82) is 0 Å². The molecule has 18 heavy (non-hydrogen) atoms. The highest BCUT2D eigenvalue weighted by atomic mass is 79.9. The van der Waals surface area contributed by atoms with E-state index in [0.29, 0.717) is 5.56 Å². The average molecular weight is 333 g/mol. The summed E-state index contributed by atoms with van der Waals surface area (Å²) in [5.74, 6) is -1.94. The molecular formula is C13H9BrClF2N. The van der Waals surface area contributed by atoms with Crippen molar-refractivity contribution in [1.82, 2.24) is 0 Å². The van der Waals surface area contributed by atoms with Crippen molar-refractivity contribution in [3.8, 4) is 0 Å². The lowest BCUT2D eigenvalue weighted by atomic mass is 9.99. The molecule has 0 bridgehead atoms. The summed E-state index contributed by atoms with van der Waals surface area (Å²) in [5.41, 5.74) is 7.14.